The molecule has 0 radical (unpaired) electrons. The summed E-state index contributed by atoms with van der Waals surface area (Å²) in [6.45, 7) is 0. The number of rotatable bonds is 5. The zero-order valence-corrected chi connectivity index (χ0v) is 17.1. The maximum absolute atomic E-state index is 13.6. The van der Waals surface area contributed by atoms with Crippen LogP contribution in [0.1, 0.15) is 27.5 Å². The van der Waals surface area contributed by atoms with Gasteiger partial charge in [-0.2, -0.15) is 0 Å². The number of hydrogen-bond acceptors (Lipinski definition) is 4. The fourth-order valence-electron chi connectivity index (χ4n) is 3.51. The first kappa shape index (κ1) is 19.7. The molecule has 1 atom stereocenters. The number of carbonyl (C=O) groups excluding carboxylic acids is 1. The van der Waals surface area contributed by atoms with E-state index in [0.717, 1.165) is 11.1 Å². The van der Waals surface area contributed by atoms with Crippen molar-refractivity contribution in [2.75, 3.05) is 7.11 Å². The van der Waals surface area contributed by atoms with E-state index in [1.165, 1.54) is 7.11 Å². The van der Waals surface area contributed by atoms with E-state index in [1.807, 2.05) is 48.5 Å². The lowest BCUT2D eigenvalue weighted by atomic mass is 9.87. The number of methoxy groups -OCH3 is 1. The van der Waals surface area contributed by atoms with Gasteiger partial charge in [0.1, 0.15) is 0 Å². The maximum Gasteiger partial charge on any atom is 0.193 e. The minimum Gasteiger partial charge on any atom is -0.504 e. The fraction of sp³-hybridized carbons (Fsp3) is 0.0833. The van der Waals surface area contributed by atoms with Crippen molar-refractivity contribution in [2.24, 2.45) is 0 Å². The van der Waals surface area contributed by atoms with Gasteiger partial charge in [-0.05, 0) is 35.5 Å². The minimum atomic E-state index is -0.517. The molecule has 0 spiro atoms. The van der Waals surface area contributed by atoms with Gasteiger partial charge in [0.05, 0.1) is 24.4 Å². The zero-order chi connectivity index (χ0) is 21.1. The molecule has 1 heterocycles. The Labute approximate surface area is 180 Å². The molecule has 1 aliphatic heterocycles. The van der Waals surface area contributed by atoms with Crippen molar-refractivity contribution in [3.05, 3.63) is 101 Å². The van der Waals surface area contributed by atoms with E-state index in [2.05, 4.69) is 10.6 Å². The van der Waals surface area contributed by atoms with Gasteiger partial charge in [0.25, 0.3) is 0 Å². The van der Waals surface area contributed by atoms with Crippen LogP contribution in [0.3, 0.4) is 0 Å². The number of benzene rings is 3. The van der Waals surface area contributed by atoms with E-state index in [-0.39, 0.29) is 11.5 Å². The molecule has 3 N–H and O–H groups in total. The van der Waals surface area contributed by atoms with Gasteiger partial charge in [-0.1, -0.05) is 66.7 Å². The molecule has 0 fully saturated rings. The highest BCUT2D eigenvalue weighted by atomic mass is 32.1. The quantitative estimate of drug-likeness (QED) is 0.428. The fourth-order valence-corrected chi connectivity index (χ4v) is 3.73. The number of Topliss-reactive ketones (excluding diaryl/α,β-unsaturated/α-hetero) is 1. The van der Waals surface area contributed by atoms with Crippen molar-refractivity contribution in [1.29, 1.82) is 0 Å². The average molecular weight is 417 g/mol. The van der Waals surface area contributed by atoms with Gasteiger partial charge in [-0.15, -0.1) is 0 Å². The number of phenolic OH excluding ortho intramolecular Hbond substituents is 1. The van der Waals surface area contributed by atoms with Gasteiger partial charge in [0.2, 0.25) is 0 Å². The van der Waals surface area contributed by atoms with Crippen molar-refractivity contribution >= 4 is 28.8 Å². The van der Waals surface area contributed by atoms with Gasteiger partial charge in [-0.25, -0.2) is 0 Å². The second-order valence-electron chi connectivity index (χ2n) is 6.81. The highest BCUT2D eigenvalue weighted by Crippen LogP contribution is 2.36. The van der Waals surface area contributed by atoms with E-state index >= 15 is 0 Å². The summed E-state index contributed by atoms with van der Waals surface area (Å²) in [5.74, 6) is 0.237. The Morgan fingerprint density at radius 2 is 1.67 bits per heavy atom. The smallest absolute Gasteiger partial charge is 0.193 e. The highest BCUT2D eigenvalue weighted by molar-refractivity contribution is 7.80. The third-order valence-corrected chi connectivity index (χ3v) is 5.17. The average Bonchev–Trinajstić information content (AvgIpc) is 2.79. The maximum atomic E-state index is 13.6. The van der Waals surface area contributed by atoms with Crippen LogP contribution in [0.15, 0.2) is 84.4 Å². The summed E-state index contributed by atoms with van der Waals surface area (Å²) >= 11 is 5.45. The molecule has 6 heteroatoms. The first-order valence-electron chi connectivity index (χ1n) is 9.42. The van der Waals surface area contributed by atoms with E-state index < -0.39 is 6.04 Å². The number of thiocarbonyl (C=S) groups is 1. The predicted molar refractivity (Wildman–Crippen MR) is 120 cm³/mol. The lowest BCUT2D eigenvalue weighted by Crippen LogP contribution is -2.44. The number of ether oxygens (including phenoxy) is 1. The second kappa shape index (κ2) is 8.39. The molecule has 0 saturated carbocycles. The predicted octanol–water partition coefficient (Wildman–Crippen LogP) is 4.21. The lowest BCUT2D eigenvalue weighted by Gasteiger charge is -2.32. The van der Waals surface area contributed by atoms with Crippen LogP contribution < -0.4 is 15.4 Å². The summed E-state index contributed by atoms with van der Waals surface area (Å²) < 4.78 is 5.27. The molecule has 3 aromatic carbocycles. The molecule has 0 amide bonds. The Balaban J connectivity index is 1.93. The number of nitrogens with one attached hydrogen (secondary N) is 2. The van der Waals surface area contributed by atoms with Crippen molar-refractivity contribution in [2.45, 2.75) is 6.04 Å². The van der Waals surface area contributed by atoms with Gasteiger partial charge in [0, 0.05) is 5.56 Å². The molecule has 1 aliphatic rings. The van der Waals surface area contributed by atoms with E-state index in [0.29, 0.717) is 27.7 Å². The molecule has 0 saturated heterocycles. The molecule has 5 nitrogen and oxygen atoms in total. The van der Waals surface area contributed by atoms with Crippen LogP contribution in [0.5, 0.6) is 11.5 Å². The first-order valence-corrected chi connectivity index (χ1v) is 9.83. The monoisotopic (exact) mass is 416 g/mol. The van der Waals surface area contributed by atoms with Gasteiger partial charge >= 0.3 is 0 Å². The molecule has 0 aromatic heterocycles. The summed E-state index contributed by atoms with van der Waals surface area (Å²) in [7, 11) is 1.49. The zero-order valence-electron chi connectivity index (χ0n) is 16.3. The van der Waals surface area contributed by atoms with E-state index in [1.54, 1.807) is 30.3 Å². The molecule has 0 aliphatic carbocycles. The molecule has 0 bridgehead atoms. The summed E-state index contributed by atoms with van der Waals surface area (Å²) in [6.07, 6.45) is 0. The highest BCUT2D eigenvalue weighted by Gasteiger charge is 2.33. The number of phenols is 1. The number of ketones is 1. The van der Waals surface area contributed by atoms with E-state index in [4.69, 9.17) is 17.0 Å². The summed E-state index contributed by atoms with van der Waals surface area (Å²) in [4.78, 5) is 13.6. The number of carbonyl (C=O) groups is 1. The van der Waals surface area contributed by atoms with Gasteiger partial charge in [0.15, 0.2) is 22.4 Å². The lowest BCUT2D eigenvalue weighted by molar-refractivity contribution is 0.102. The van der Waals surface area contributed by atoms with Crippen molar-refractivity contribution in [1.82, 2.24) is 10.6 Å². The SMILES string of the molecule is COc1cc([C@@H]2NC(=S)NC(c3ccccc3)=C2C(=O)c2ccccc2)ccc1O. The Hall–Kier alpha value is -3.64. The first-order chi connectivity index (χ1) is 14.6. The van der Waals surface area contributed by atoms with Crippen molar-refractivity contribution in [3.63, 3.8) is 0 Å². The van der Waals surface area contributed by atoms with Crippen LogP contribution in [-0.4, -0.2) is 23.1 Å². The molecular weight excluding hydrogens is 396 g/mol. The van der Waals surface area contributed by atoms with E-state index in [9.17, 15) is 9.90 Å². The Bertz CT molecular complexity index is 1130. The summed E-state index contributed by atoms with van der Waals surface area (Å²) in [6, 6.07) is 23.2. The summed E-state index contributed by atoms with van der Waals surface area (Å²) in [5.41, 5.74) is 3.38. The normalized spacial score (nSPS) is 15.9. The van der Waals surface area contributed by atoms with Crippen LogP contribution in [0.2, 0.25) is 0 Å². The molecule has 4 rings (SSSR count). The minimum absolute atomic E-state index is 0.0287. The number of aromatic hydroxyl groups is 1. The van der Waals surface area contributed by atoms with Crippen LogP contribution in [0.25, 0.3) is 5.70 Å². The molecule has 150 valence electrons. The second-order valence-corrected chi connectivity index (χ2v) is 7.22. The molecule has 0 unspecified atom stereocenters. The van der Waals surface area contributed by atoms with Crippen LogP contribution in [0.4, 0.5) is 0 Å². The van der Waals surface area contributed by atoms with Gasteiger partial charge in [-0.3, -0.25) is 4.79 Å². The molecule has 3 aromatic rings. The standard InChI is InChI=1S/C24H20N2O3S/c1-29-19-14-17(12-13-18(19)27)22-20(23(28)16-10-6-3-7-11-16)21(25-24(30)26-22)15-8-4-2-5-9-15/h2-14,22,27H,1H3,(H2,25,26,30)/t22-/m0/s1. The van der Waals surface area contributed by atoms with Crippen LogP contribution in [-0.2, 0) is 0 Å². The third-order valence-electron chi connectivity index (χ3n) is 4.95. The Morgan fingerprint density at radius 1 is 1.00 bits per heavy atom. The molecular formula is C24H20N2O3S. The molecule has 30 heavy (non-hydrogen) atoms. The van der Waals surface area contributed by atoms with Crippen LogP contribution >= 0.6 is 12.2 Å². The Morgan fingerprint density at radius 3 is 2.33 bits per heavy atom. The largest absolute Gasteiger partial charge is 0.504 e. The third kappa shape index (κ3) is 3.77. The topological polar surface area (TPSA) is 70.6 Å². The van der Waals surface area contributed by atoms with Crippen molar-refractivity contribution < 1.29 is 14.6 Å². The van der Waals surface area contributed by atoms with Crippen molar-refractivity contribution in [3.8, 4) is 11.5 Å². The van der Waals surface area contributed by atoms with Crippen LogP contribution in [0, 0.1) is 0 Å². The Kier molecular flexibility index (Phi) is 5.50. The van der Waals surface area contributed by atoms with Gasteiger partial charge < -0.3 is 20.5 Å². The number of hydrogen-bond donors (Lipinski definition) is 3. The summed E-state index contributed by atoms with van der Waals surface area (Å²) in [5, 5.41) is 16.8.